The second kappa shape index (κ2) is 9.77. The van der Waals surface area contributed by atoms with Crippen LogP contribution in [0.4, 0.5) is 0 Å². The zero-order valence-corrected chi connectivity index (χ0v) is 13.2. The molecule has 114 valence electrons. The molecule has 2 heteroatoms. The molecule has 0 aromatic rings. The first kappa shape index (κ1) is 17.0. The van der Waals surface area contributed by atoms with E-state index in [1.807, 2.05) is 6.92 Å². The van der Waals surface area contributed by atoms with Crippen LogP contribution in [0.5, 0.6) is 0 Å². The van der Waals surface area contributed by atoms with E-state index < -0.39 is 5.60 Å². The van der Waals surface area contributed by atoms with Crippen molar-refractivity contribution < 1.29 is 5.11 Å². The summed E-state index contributed by atoms with van der Waals surface area (Å²) in [7, 11) is 0. The molecule has 2 nitrogen and oxygen atoms in total. The lowest BCUT2D eigenvalue weighted by Crippen LogP contribution is -2.42. The fourth-order valence-electron chi connectivity index (χ4n) is 2.86. The fraction of sp³-hybridized carbons (Fsp3) is 1.00. The van der Waals surface area contributed by atoms with E-state index in [2.05, 4.69) is 12.2 Å². The Balaban J connectivity index is 2.30. The van der Waals surface area contributed by atoms with Crippen LogP contribution in [-0.4, -0.2) is 23.3 Å². The van der Waals surface area contributed by atoms with Crippen LogP contribution in [0, 0.1) is 0 Å². The third-order valence-corrected chi connectivity index (χ3v) is 4.64. The molecule has 0 aromatic heterocycles. The maximum atomic E-state index is 10.1. The van der Waals surface area contributed by atoms with Crippen molar-refractivity contribution in [3.05, 3.63) is 0 Å². The molecule has 0 amide bonds. The van der Waals surface area contributed by atoms with E-state index in [4.69, 9.17) is 0 Å². The molecule has 0 heterocycles. The van der Waals surface area contributed by atoms with Gasteiger partial charge >= 0.3 is 0 Å². The molecule has 0 aliphatic heterocycles. The molecule has 1 unspecified atom stereocenters. The Morgan fingerprint density at radius 1 is 0.895 bits per heavy atom. The number of aliphatic hydroxyl groups is 1. The van der Waals surface area contributed by atoms with Crippen molar-refractivity contribution in [3.63, 3.8) is 0 Å². The van der Waals surface area contributed by atoms with Gasteiger partial charge < -0.3 is 10.4 Å². The second-order valence-electron chi connectivity index (χ2n) is 6.69. The zero-order chi connectivity index (χ0) is 14.0. The Bertz CT molecular complexity index is 203. The van der Waals surface area contributed by atoms with Crippen LogP contribution >= 0.6 is 0 Å². The Morgan fingerprint density at radius 3 is 1.74 bits per heavy atom. The summed E-state index contributed by atoms with van der Waals surface area (Å²) < 4.78 is 0. The minimum absolute atomic E-state index is 0.538. The van der Waals surface area contributed by atoms with E-state index in [-0.39, 0.29) is 0 Å². The highest BCUT2D eigenvalue weighted by atomic mass is 16.3. The Morgan fingerprint density at radius 2 is 1.32 bits per heavy atom. The molecule has 0 bridgehead atoms. The lowest BCUT2D eigenvalue weighted by atomic mass is 9.96. The molecule has 1 fully saturated rings. The van der Waals surface area contributed by atoms with Crippen molar-refractivity contribution in [2.45, 2.75) is 103 Å². The summed E-state index contributed by atoms with van der Waals surface area (Å²) in [5.41, 5.74) is -0.538. The van der Waals surface area contributed by atoms with Gasteiger partial charge in [-0.25, -0.2) is 0 Å². The lowest BCUT2D eigenvalue weighted by molar-refractivity contribution is 0.0519. The minimum Gasteiger partial charge on any atom is -0.389 e. The maximum absolute atomic E-state index is 10.1. The molecule has 1 aliphatic rings. The quantitative estimate of drug-likeness (QED) is 0.792. The Hall–Kier alpha value is -0.0800. The first-order valence-corrected chi connectivity index (χ1v) is 8.60. The number of hydrogen-bond donors (Lipinski definition) is 2. The van der Waals surface area contributed by atoms with Crippen LogP contribution < -0.4 is 5.32 Å². The minimum atomic E-state index is -0.538. The van der Waals surface area contributed by atoms with Crippen LogP contribution in [0.15, 0.2) is 0 Å². The monoisotopic (exact) mass is 269 g/mol. The van der Waals surface area contributed by atoms with E-state index in [1.165, 1.54) is 70.6 Å². The van der Waals surface area contributed by atoms with Crippen LogP contribution in [0.25, 0.3) is 0 Å². The van der Waals surface area contributed by atoms with Crippen molar-refractivity contribution in [3.8, 4) is 0 Å². The van der Waals surface area contributed by atoms with E-state index in [0.717, 1.165) is 13.0 Å². The van der Waals surface area contributed by atoms with Crippen molar-refractivity contribution in [1.82, 2.24) is 5.32 Å². The van der Waals surface area contributed by atoms with Crippen LogP contribution in [0.2, 0.25) is 0 Å². The SMILES string of the molecule is CCC(C)(O)CNC1CCCCCCCCCCC1. The third kappa shape index (κ3) is 8.65. The average Bonchev–Trinajstić information content (AvgIpc) is 2.38. The van der Waals surface area contributed by atoms with Crippen LogP contribution in [0.1, 0.15) is 90.9 Å². The van der Waals surface area contributed by atoms with Gasteiger partial charge in [0, 0.05) is 12.6 Å². The van der Waals surface area contributed by atoms with Gasteiger partial charge in [-0.3, -0.25) is 0 Å². The first-order valence-electron chi connectivity index (χ1n) is 8.60. The average molecular weight is 269 g/mol. The number of rotatable bonds is 4. The van der Waals surface area contributed by atoms with Gasteiger partial charge in [0.1, 0.15) is 0 Å². The lowest BCUT2D eigenvalue weighted by Gasteiger charge is -2.26. The predicted molar refractivity (Wildman–Crippen MR) is 83.5 cm³/mol. The van der Waals surface area contributed by atoms with Crippen molar-refractivity contribution in [2.75, 3.05) is 6.54 Å². The van der Waals surface area contributed by atoms with Crippen LogP contribution in [0.3, 0.4) is 0 Å². The summed E-state index contributed by atoms with van der Waals surface area (Å²) in [5.74, 6) is 0. The van der Waals surface area contributed by atoms with Gasteiger partial charge in [-0.05, 0) is 26.2 Å². The molecule has 0 aromatic carbocycles. The van der Waals surface area contributed by atoms with E-state index >= 15 is 0 Å². The fourth-order valence-corrected chi connectivity index (χ4v) is 2.86. The van der Waals surface area contributed by atoms with Crippen molar-refractivity contribution in [2.24, 2.45) is 0 Å². The third-order valence-electron chi connectivity index (χ3n) is 4.64. The molecule has 1 aliphatic carbocycles. The molecule has 1 atom stereocenters. The summed E-state index contributed by atoms with van der Waals surface area (Å²) in [4.78, 5) is 0. The molecule has 19 heavy (non-hydrogen) atoms. The summed E-state index contributed by atoms with van der Waals surface area (Å²) in [6.07, 6.45) is 16.0. The zero-order valence-electron chi connectivity index (χ0n) is 13.2. The summed E-state index contributed by atoms with van der Waals surface area (Å²) in [6.45, 7) is 4.74. The van der Waals surface area contributed by atoms with Gasteiger partial charge in [0.25, 0.3) is 0 Å². The molecular weight excluding hydrogens is 234 g/mol. The standard InChI is InChI=1S/C17H35NO/c1-3-17(2,19)15-18-16-13-11-9-7-5-4-6-8-10-12-14-16/h16,18-19H,3-15H2,1-2H3. The summed E-state index contributed by atoms with van der Waals surface area (Å²) >= 11 is 0. The Kier molecular flexibility index (Phi) is 8.72. The second-order valence-corrected chi connectivity index (χ2v) is 6.69. The Labute approximate surface area is 120 Å². The first-order chi connectivity index (χ1) is 9.14. The van der Waals surface area contributed by atoms with Gasteiger partial charge in [0.05, 0.1) is 5.60 Å². The maximum Gasteiger partial charge on any atom is 0.0741 e. The normalized spacial score (nSPS) is 24.2. The molecular formula is C17H35NO. The topological polar surface area (TPSA) is 32.3 Å². The van der Waals surface area contributed by atoms with Crippen molar-refractivity contribution in [1.29, 1.82) is 0 Å². The molecule has 2 N–H and O–H groups in total. The molecule has 1 rings (SSSR count). The molecule has 0 radical (unpaired) electrons. The number of nitrogens with one attached hydrogen (secondary N) is 1. The van der Waals surface area contributed by atoms with Crippen LogP contribution in [-0.2, 0) is 0 Å². The predicted octanol–water partition coefficient (Wildman–Crippen LogP) is 4.41. The van der Waals surface area contributed by atoms with E-state index in [0.29, 0.717) is 6.04 Å². The van der Waals surface area contributed by atoms with Gasteiger partial charge in [-0.1, -0.05) is 64.7 Å². The molecule has 0 saturated heterocycles. The summed E-state index contributed by atoms with van der Waals surface area (Å²) in [6, 6.07) is 0.623. The van der Waals surface area contributed by atoms with Gasteiger partial charge in [-0.2, -0.15) is 0 Å². The summed E-state index contributed by atoms with van der Waals surface area (Å²) in [5, 5.41) is 13.7. The molecule has 1 saturated carbocycles. The highest BCUT2D eigenvalue weighted by molar-refractivity contribution is 4.77. The number of hydrogen-bond acceptors (Lipinski definition) is 2. The van der Waals surface area contributed by atoms with Gasteiger partial charge in [0.2, 0.25) is 0 Å². The van der Waals surface area contributed by atoms with Gasteiger partial charge in [0.15, 0.2) is 0 Å². The van der Waals surface area contributed by atoms with E-state index in [1.54, 1.807) is 0 Å². The smallest absolute Gasteiger partial charge is 0.0741 e. The van der Waals surface area contributed by atoms with Crippen molar-refractivity contribution >= 4 is 0 Å². The van der Waals surface area contributed by atoms with E-state index in [9.17, 15) is 5.11 Å². The van der Waals surface area contributed by atoms with Gasteiger partial charge in [-0.15, -0.1) is 0 Å². The largest absolute Gasteiger partial charge is 0.389 e. The highest BCUT2D eigenvalue weighted by Gasteiger charge is 2.19. The highest BCUT2D eigenvalue weighted by Crippen LogP contribution is 2.17. The molecule has 0 spiro atoms.